The molecule has 5 nitrogen and oxygen atoms in total. The first-order valence-electron chi connectivity index (χ1n) is 7.70. The third-order valence-electron chi connectivity index (χ3n) is 4.06. The van der Waals surface area contributed by atoms with Gasteiger partial charge >= 0.3 is 0 Å². The third-order valence-corrected chi connectivity index (χ3v) is 4.06. The van der Waals surface area contributed by atoms with Crippen LogP contribution >= 0.6 is 0 Å². The van der Waals surface area contributed by atoms with E-state index in [1.165, 1.54) is 0 Å². The average Bonchev–Trinajstić information content (AvgIpc) is 2.60. The maximum absolute atomic E-state index is 12.8. The molecule has 24 heavy (non-hydrogen) atoms. The number of nitrogens with zero attached hydrogens (tertiary/aromatic N) is 3. The number of hydrogen-bond donors (Lipinski definition) is 0. The maximum atomic E-state index is 12.8. The number of aromatic nitrogens is 3. The fourth-order valence-electron chi connectivity index (χ4n) is 2.77. The molecule has 0 fully saturated rings. The second kappa shape index (κ2) is 6.66. The largest absolute Gasteiger partial charge is 0.496 e. The summed E-state index contributed by atoms with van der Waals surface area (Å²) in [4.78, 5) is 21.4. The molecule has 0 saturated heterocycles. The molecule has 3 rings (SSSR count). The number of ether oxygens (including phenoxy) is 1. The molecule has 122 valence electrons. The van der Waals surface area contributed by atoms with Gasteiger partial charge in [0.2, 0.25) is 0 Å². The predicted octanol–water partition coefficient (Wildman–Crippen LogP) is 2.98. The van der Waals surface area contributed by atoms with Crippen LogP contribution in [0.5, 0.6) is 5.75 Å². The lowest BCUT2D eigenvalue weighted by Gasteiger charge is -2.13. The molecule has 0 amide bonds. The van der Waals surface area contributed by atoms with Gasteiger partial charge in [-0.25, -0.2) is 4.98 Å². The fourth-order valence-corrected chi connectivity index (χ4v) is 2.77. The molecule has 0 radical (unpaired) electrons. The Morgan fingerprint density at radius 2 is 1.88 bits per heavy atom. The van der Waals surface area contributed by atoms with Gasteiger partial charge in [-0.2, -0.15) is 0 Å². The van der Waals surface area contributed by atoms with E-state index in [0.29, 0.717) is 12.1 Å². The molecule has 2 heterocycles. The van der Waals surface area contributed by atoms with Crippen molar-refractivity contribution in [2.75, 3.05) is 7.11 Å². The Morgan fingerprint density at radius 1 is 1.12 bits per heavy atom. The van der Waals surface area contributed by atoms with Crippen LogP contribution in [-0.4, -0.2) is 21.6 Å². The lowest BCUT2D eigenvalue weighted by Crippen LogP contribution is -2.23. The molecule has 0 bridgehead atoms. The standard InChI is InChI=1S/C19H19N3O2/c1-13-9-21-17(14(2)18(13)24-3)11-22-12-20-10-16(19(22)23)15-7-5-4-6-8-15/h4-10,12H,11H2,1-3H3. The van der Waals surface area contributed by atoms with Gasteiger partial charge < -0.3 is 4.74 Å². The van der Waals surface area contributed by atoms with E-state index >= 15 is 0 Å². The Morgan fingerprint density at radius 3 is 2.58 bits per heavy atom. The van der Waals surface area contributed by atoms with Crippen LogP contribution in [0.1, 0.15) is 16.8 Å². The maximum Gasteiger partial charge on any atom is 0.261 e. The molecule has 0 aliphatic heterocycles. The van der Waals surface area contributed by atoms with Crippen molar-refractivity contribution in [2.45, 2.75) is 20.4 Å². The molecule has 0 aliphatic rings. The summed E-state index contributed by atoms with van der Waals surface area (Å²) in [7, 11) is 1.64. The van der Waals surface area contributed by atoms with Crippen molar-refractivity contribution in [1.29, 1.82) is 0 Å². The van der Waals surface area contributed by atoms with E-state index in [2.05, 4.69) is 9.97 Å². The molecular weight excluding hydrogens is 302 g/mol. The fraction of sp³-hybridized carbons (Fsp3) is 0.211. The minimum absolute atomic E-state index is 0.0862. The Balaban J connectivity index is 2.02. The second-order valence-corrected chi connectivity index (χ2v) is 5.65. The lowest BCUT2D eigenvalue weighted by atomic mass is 10.1. The molecule has 0 saturated carbocycles. The van der Waals surface area contributed by atoms with E-state index < -0.39 is 0 Å². The summed E-state index contributed by atoms with van der Waals surface area (Å²) in [6.07, 6.45) is 4.91. The normalized spacial score (nSPS) is 10.6. The zero-order valence-electron chi connectivity index (χ0n) is 14.0. The highest BCUT2D eigenvalue weighted by molar-refractivity contribution is 5.61. The van der Waals surface area contributed by atoms with E-state index in [1.807, 2.05) is 44.2 Å². The quantitative estimate of drug-likeness (QED) is 0.741. The van der Waals surface area contributed by atoms with Crippen LogP contribution in [0.2, 0.25) is 0 Å². The van der Waals surface area contributed by atoms with Crippen molar-refractivity contribution >= 4 is 0 Å². The summed E-state index contributed by atoms with van der Waals surface area (Å²) in [5, 5.41) is 0. The Labute approximate surface area is 140 Å². The van der Waals surface area contributed by atoms with Crippen LogP contribution in [0.3, 0.4) is 0 Å². The van der Waals surface area contributed by atoms with Crippen LogP contribution in [0, 0.1) is 13.8 Å². The van der Waals surface area contributed by atoms with E-state index in [9.17, 15) is 4.79 Å². The summed E-state index contributed by atoms with van der Waals surface area (Å²) in [5.74, 6) is 0.806. The first kappa shape index (κ1) is 15.9. The first-order chi connectivity index (χ1) is 11.6. The molecule has 1 aromatic carbocycles. The van der Waals surface area contributed by atoms with E-state index in [0.717, 1.165) is 28.1 Å². The van der Waals surface area contributed by atoms with Gasteiger partial charge in [0.15, 0.2) is 0 Å². The van der Waals surface area contributed by atoms with Crippen molar-refractivity contribution in [1.82, 2.24) is 14.5 Å². The van der Waals surface area contributed by atoms with Crippen LogP contribution in [0.15, 0.2) is 53.8 Å². The van der Waals surface area contributed by atoms with Crippen molar-refractivity contribution in [3.63, 3.8) is 0 Å². The molecule has 0 atom stereocenters. The molecule has 0 N–H and O–H groups in total. The minimum atomic E-state index is -0.0862. The lowest BCUT2D eigenvalue weighted by molar-refractivity contribution is 0.406. The predicted molar refractivity (Wildman–Crippen MR) is 93.3 cm³/mol. The van der Waals surface area contributed by atoms with E-state index in [4.69, 9.17) is 4.74 Å². The summed E-state index contributed by atoms with van der Waals surface area (Å²) in [5.41, 5.74) is 4.06. The second-order valence-electron chi connectivity index (χ2n) is 5.65. The van der Waals surface area contributed by atoms with Crippen molar-refractivity contribution < 1.29 is 4.74 Å². The summed E-state index contributed by atoms with van der Waals surface area (Å²) >= 11 is 0. The van der Waals surface area contributed by atoms with Crippen LogP contribution < -0.4 is 10.3 Å². The van der Waals surface area contributed by atoms with Crippen molar-refractivity contribution in [3.8, 4) is 16.9 Å². The van der Waals surface area contributed by atoms with Gasteiger partial charge in [-0.3, -0.25) is 14.3 Å². The van der Waals surface area contributed by atoms with Gasteiger partial charge in [0.1, 0.15) is 5.75 Å². The monoisotopic (exact) mass is 321 g/mol. The zero-order valence-corrected chi connectivity index (χ0v) is 14.0. The number of methoxy groups -OCH3 is 1. The highest BCUT2D eigenvalue weighted by Gasteiger charge is 2.12. The molecule has 0 spiro atoms. The number of hydrogen-bond acceptors (Lipinski definition) is 4. The molecular formula is C19H19N3O2. The summed E-state index contributed by atoms with van der Waals surface area (Å²) in [6.45, 7) is 4.26. The van der Waals surface area contributed by atoms with Crippen molar-refractivity contribution in [3.05, 3.63) is 76.2 Å². The van der Waals surface area contributed by atoms with Crippen molar-refractivity contribution in [2.24, 2.45) is 0 Å². The summed E-state index contributed by atoms with van der Waals surface area (Å²) < 4.78 is 7.01. The van der Waals surface area contributed by atoms with Gasteiger partial charge in [0.25, 0.3) is 5.56 Å². The minimum Gasteiger partial charge on any atom is -0.496 e. The number of pyridine rings is 1. The molecule has 2 aromatic heterocycles. The number of aryl methyl sites for hydroxylation is 1. The first-order valence-corrected chi connectivity index (χ1v) is 7.70. The molecule has 0 unspecified atom stereocenters. The van der Waals surface area contributed by atoms with Crippen LogP contribution in [0.4, 0.5) is 0 Å². The van der Waals surface area contributed by atoms with Crippen LogP contribution in [-0.2, 0) is 6.54 Å². The molecule has 5 heteroatoms. The average molecular weight is 321 g/mol. The van der Waals surface area contributed by atoms with Gasteiger partial charge in [0, 0.05) is 23.5 Å². The highest BCUT2D eigenvalue weighted by atomic mass is 16.5. The molecule has 0 aliphatic carbocycles. The Kier molecular flexibility index (Phi) is 4.42. The topological polar surface area (TPSA) is 57.0 Å². The third kappa shape index (κ3) is 2.93. The van der Waals surface area contributed by atoms with Gasteiger partial charge in [-0.1, -0.05) is 30.3 Å². The van der Waals surface area contributed by atoms with Gasteiger partial charge in [0.05, 0.1) is 31.2 Å². The van der Waals surface area contributed by atoms with Gasteiger partial charge in [-0.15, -0.1) is 0 Å². The number of benzene rings is 1. The van der Waals surface area contributed by atoms with E-state index in [-0.39, 0.29) is 5.56 Å². The smallest absolute Gasteiger partial charge is 0.261 e. The van der Waals surface area contributed by atoms with Gasteiger partial charge in [-0.05, 0) is 19.4 Å². The SMILES string of the molecule is COc1c(C)cnc(Cn2cncc(-c3ccccc3)c2=O)c1C. The Hall–Kier alpha value is -2.95. The zero-order chi connectivity index (χ0) is 17.1. The van der Waals surface area contributed by atoms with Crippen LogP contribution in [0.25, 0.3) is 11.1 Å². The highest BCUT2D eigenvalue weighted by Crippen LogP contribution is 2.24. The Bertz CT molecular complexity index is 918. The van der Waals surface area contributed by atoms with E-state index in [1.54, 1.807) is 30.4 Å². The summed E-state index contributed by atoms with van der Waals surface area (Å²) in [6, 6.07) is 9.54. The number of rotatable bonds is 4. The molecule has 3 aromatic rings.